The third kappa shape index (κ3) is 2.43. The number of nitrogens with zero attached hydrogens (tertiary/aromatic N) is 1. The van der Waals surface area contributed by atoms with Crippen LogP contribution in [-0.2, 0) is 21.4 Å². The van der Waals surface area contributed by atoms with Crippen LogP contribution in [0.1, 0.15) is 23.5 Å². The summed E-state index contributed by atoms with van der Waals surface area (Å²) in [6.45, 7) is 3.86. The van der Waals surface area contributed by atoms with Crippen LogP contribution in [0.4, 0.5) is 0 Å². The van der Waals surface area contributed by atoms with Crippen LogP contribution >= 0.6 is 0 Å². The highest BCUT2D eigenvalue weighted by Gasteiger charge is 2.35. The summed E-state index contributed by atoms with van der Waals surface area (Å²) in [5, 5.41) is 9.36. The van der Waals surface area contributed by atoms with Crippen molar-refractivity contribution in [3.8, 4) is 0 Å². The Morgan fingerprint density at radius 3 is 2.58 bits per heavy atom. The minimum absolute atomic E-state index is 0.0851. The molecule has 1 unspecified atom stereocenters. The van der Waals surface area contributed by atoms with E-state index in [1.165, 1.54) is 11.4 Å². The lowest BCUT2D eigenvalue weighted by Gasteiger charge is -2.22. The zero-order chi connectivity index (χ0) is 14.2. The molecule has 0 aromatic carbocycles. The standard InChI is InChI=1S/C12H19NO5S/c1-8-11(6-14)12(9(2)18-8)19(15,16)13(3)10-4-5-17-7-10/h10,14H,4-7H2,1-3H3. The van der Waals surface area contributed by atoms with Gasteiger partial charge in [0.25, 0.3) is 0 Å². The molecule has 108 valence electrons. The van der Waals surface area contributed by atoms with E-state index in [2.05, 4.69) is 0 Å². The topological polar surface area (TPSA) is 80.0 Å². The molecule has 1 atom stereocenters. The largest absolute Gasteiger partial charge is 0.465 e. The Balaban J connectivity index is 2.44. The Labute approximate surface area is 113 Å². The molecular formula is C12H19NO5S. The first-order valence-corrected chi connectivity index (χ1v) is 7.59. The van der Waals surface area contributed by atoms with Crippen LogP contribution in [0, 0.1) is 13.8 Å². The SMILES string of the molecule is Cc1oc(C)c(S(=O)(=O)N(C)C2CCOC2)c1CO. The second-order valence-corrected chi connectivity index (χ2v) is 6.65. The average molecular weight is 289 g/mol. The number of likely N-dealkylation sites (N-methyl/N-ethyl adjacent to an activating group) is 1. The molecule has 1 aliphatic rings. The first-order valence-electron chi connectivity index (χ1n) is 6.15. The van der Waals surface area contributed by atoms with Crippen molar-refractivity contribution in [1.82, 2.24) is 4.31 Å². The van der Waals surface area contributed by atoms with Crippen molar-refractivity contribution in [1.29, 1.82) is 0 Å². The number of sulfonamides is 1. The number of aliphatic hydroxyl groups excluding tert-OH is 1. The zero-order valence-corrected chi connectivity index (χ0v) is 12.2. The van der Waals surface area contributed by atoms with Crippen LogP contribution in [0.15, 0.2) is 9.31 Å². The van der Waals surface area contributed by atoms with Gasteiger partial charge in [0.2, 0.25) is 10.0 Å². The first-order chi connectivity index (χ1) is 8.89. The van der Waals surface area contributed by atoms with Crippen molar-refractivity contribution < 1.29 is 22.7 Å². The van der Waals surface area contributed by atoms with Gasteiger partial charge in [-0.25, -0.2) is 8.42 Å². The van der Waals surface area contributed by atoms with Crippen molar-refractivity contribution >= 4 is 10.0 Å². The molecule has 0 spiro atoms. The van der Waals surface area contributed by atoms with Crippen molar-refractivity contribution in [3.63, 3.8) is 0 Å². The molecule has 1 aromatic heterocycles. The predicted octanol–water partition coefficient (Wildman–Crippen LogP) is 0.798. The fourth-order valence-corrected chi connectivity index (χ4v) is 4.15. The van der Waals surface area contributed by atoms with E-state index in [1.54, 1.807) is 13.8 Å². The van der Waals surface area contributed by atoms with Gasteiger partial charge in [0.15, 0.2) is 0 Å². The summed E-state index contributed by atoms with van der Waals surface area (Å²) in [6, 6.07) is -0.161. The van der Waals surface area contributed by atoms with Crippen LogP contribution in [-0.4, -0.2) is 44.1 Å². The second kappa shape index (κ2) is 5.24. The predicted molar refractivity (Wildman–Crippen MR) is 68.3 cm³/mol. The number of hydrogen-bond acceptors (Lipinski definition) is 5. The molecule has 2 heterocycles. The Morgan fingerprint density at radius 1 is 1.37 bits per heavy atom. The van der Waals surface area contributed by atoms with Gasteiger partial charge in [-0.1, -0.05) is 0 Å². The normalized spacial score (nSPS) is 20.4. The summed E-state index contributed by atoms with van der Waals surface area (Å²) in [5.74, 6) is 0.752. The molecule has 19 heavy (non-hydrogen) atoms. The highest BCUT2D eigenvalue weighted by molar-refractivity contribution is 7.89. The number of aliphatic hydroxyl groups is 1. The molecule has 1 fully saturated rings. The Kier molecular flexibility index (Phi) is 4.00. The number of furan rings is 1. The first kappa shape index (κ1) is 14.5. The molecule has 0 amide bonds. The van der Waals surface area contributed by atoms with E-state index in [-0.39, 0.29) is 17.5 Å². The molecule has 7 heteroatoms. The summed E-state index contributed by atoms with van der Waals surface area (Å²) >= 11 is 0. The van der Waals surface area contributed by atoms with Gasteiger partial charge in [0.1, 0.15) is 16.4 Å². The molecule has 0 bridgehead atoms. The lowest BCUT2D eigenvalue weighted by molar-refractivity contribution is 0.180. The van der Waals surface area contributed by atoms with Crippen molar-refractivity contribution in [2.45, 2.75) is 37.8 Å². The van der Waals surface area contributed by atoms with Crippen LogP contribution in [0.3, 0.4) is 0 Å². The van der Waals surface area contributed by atoms with Gasteiger partial charge in [0, 0.05) is 19.2 Å². The summed E-state index contributed by atoms with van der Waals surface area (Å²) < 4.78 is 37.1. The number of ether oxygens (including phenoxy) is 1. The van der Waals surface area contributed by atoms with Crippen LogP contribution < -0.4 is 0 Å². The molecule has 0 radical (unpaired) electrons. The van der Waals surface area contributed by atoms with E-state index in [0.717, 1.165) is 0 Å². The van der Waals surface area contributed by atoms with E-state index in [0.29, 0.717) is 36.7 Å². The van der Waals surface area contributed by atoms with Gasteiger partial charge in [-0.05, 0) is 20.3 Å². The molecular weight excluding hydrogens is 270 g/mol. The van der Waals surface area contributed by atoms with E-state index in [9.17, 15) is 13.5 Å². The van der Waals surface area contributed by atoms with Gasteiger partial charge in [0.05, 0.1) is 19.3 Å². The fraction of sp³-hybridized carbons (Fsp3) is 0.667. The van der Waals surface area contributed by atoms with Gasteiger partial charge >= 0.3 is 0 Å². The number of rotatable bonds is 4. The maximum atomic E-state index is 12.6. The minimum Gasteiger partial charge on any atom is -0.465 e. The molecule has 0 saturated carbocycles. The van der Waals surface area contributed by atoms with E-state index in [4.69, 9.17) is 9.15 Å². The number of aryl methyl sites for hydroxylation is 2. The third-order valence-corrected chi connectivity index (χ3v) is 5.65. The molecule has 1 aromatic rings. The molecule has 1 saturated heterocycles. The van der Waals surface area contributed by atoms with Gasteiger partial charge in [-0.3, -0.25) is 0 Å². The Hall–Kier alpha value is -0.890. The highest BCUT2D eigenvalue weighted by atomic mass is 32.2. The molecule has 1 N–H and O–H groups in total. The quantitative estimate of drug-likeness (QED) is 0.886. The lowest BCUT2D eigenvalue weighted by Crippen LogP contribution is -2.37. The Morgan fingerprint density at radius 2 is 2.05 bits per heavy atom. The maximum absolute atomic E-state index is 12.6. The maximum Gasteiger partial charge on any atom is 0.246 e. The zero-order valence-electron chi connectivity index (χ0n) is 11.3. The van der Waals surface area contributed by atoms with Crippen molar-refractivity contribution in [2.24, 2.45) is 0 Å². The summed E-state index contributed by atoms with van der Waals surface area (Å²) in [5.41, 5.74) is 0.336. The molecule has 0 aliphatic carbocycles. The van der Waals surface area contributed by atoms with Crippen LogP contribution in [0.2, 0.25) is 0 Å². The highest BCUT2D eigenvalue weighted by Crippen LogP contribution is 2.30. The summed E-state index contributed by atoms with van der Waals surface area (Å²) in [7, 11) is -2.14. The second-order valence-electron chi connectivity index (χ2n) is 4.72. The smallest absolute Gasteiger partial charge is 0.246 e. The molecule has 6 nitrogen and oxygen atoms in total. The van der Waals surface area contributed by atoms with E-state index >= 15 is 0 Å². The van der Waals surface area contributed by atoms with Crippen molar-refractivity contribution in [3.05, 3.63) is 17.1 Å². The van der Waals surface area contributed by atoms with Gasteiger partial charge in [-0.15, -0.1) is 0 Å². The number of hydrogen-bond donors (Lipinski definition) is 1. The van der Waals surface area contributed by atoms with Crippen LogP contribution in [0.5, 0.6) is 0 Å². The third-order valence-electron chi connectivity index (χ3n) is 3.54. The van der Waals surface area contributed by atoms with E-state index in [1.807, 2.05) is 0 Å². The van der Waals surface area contributed by atoms with Crippen LogP contribution in [0.25, 0.3) is 0 Å². The Bertz CT molecular complexity index is 557. The summed E-state index contributed by atoms with van der Waals surface area (Å²) in [4.78, 5) is 0.0851. The van der Waals surface area contributed by atoms with Gasteiger partial charge < -0.3 is 14.3 Å². The fourth-order valence-electron chi connectivity index (χ4n) is 2.38. The summed E-state index contributed by atoms with van der Waals surface area (Å²) in [6.07, 6.45) is 0.681. The van der Waals surface area contributed by atoms with E-state index < -0.39 is 10.0 Å². The lowest BCUT2D eigenvalue weighted by atomic mass is 10.2. The average Bonchev–Trinajstić information content (AvgIpc) is 2.95. The van der Waals surface area contributed by atoms with Crippen molar-refractivity contribution in [2.75, 3.05) is 20.3 Å². The van der Waals surface area contributed by atoms with Gasteiger partial charge in [-0.2, -0.15) is 4.31 Å². The minimum atomic E-state index is -3.68. The molecule has 2 rings (SSSR count). The molecule has 1 aliphatic heterocycles. The monoisotopic (exact) mass is 289 g/mol.